The van der Waals surface area contributed by atoms with E-state index in [1.54, 1.807) is 12.1 Å². The lowest BCUT2D eigenvalue weighted by molar-refractivity contribution is -0.274. The normalized spacial score (nSPS) is 10.7. The lowest BCUT2D eigenvalue weighted by Crippen LogP contribution is -2.24. The quantitative estimate of drug-likeness (QED) is 0.671. The number of para-hydroxylation sites is 2. The van der Waals surface area contributed by atoms with Gasteiger partial charge in [0.1, 0.15) is 11.5 Å². The van der Waals surface area contributed by atoms with E-state index in [1.165, 1.54) is 24.3 Å². The molecule has 0 saturated heterocycles. The summed E-state index contributed by atoms with van der Waals surface area (Å²) >= 11 is 0. The van der Waals surface area contributed by atoms with E-state index < -0.39 is 24.0 Å². The third kappa shape index (κ3) is 5.41. The third-order valence-corrected chi connectivity index (χ3v) is 2.79. The molecule has 0 aliphatic carbocycles. The number of methoxy groups -OCH3 is 1. The van der Waals surface area contributed by atoms with Crippen molar-refractivity contribution in [2.75, 3.05) is 12.4 Å². The molecule has 0 heterocycles. The van der Waals surface area contributed by atoms with Gasteiger partial charge in [0.25, 0.3) is 0 Å². The predicted octanol–water partition coefficient (Wildman–Crippen LogP) is 3.49. The van der Waals surface area contributed by atoms with Crippen LogP contribution in [0.25, 0.3) is 0 Å². The largest absolute Gasteiger partial charge is 0.573 e. The molecule has 0 atom stereocenters. The van der Waals surface area contributed by atoms with Gasteiger partial charge in [0.05, 0.1) is 12.8 Å². The molecule has 2 rings (SSSR count). The number of halogens is 3. The molecule has 0 fully saturated rings. The minimum Gasteiger partial charge on any atom is -0.462 e. The van der Waals surface area contributed by atoms with Crippen LogP contribution >= 0.6 is 0 Å². The lowest BCUT2D eigenvalue weighted by Gasteiger charge is -2.12. The summed E-state index contributed by atoms with van der Waals surface area (Å²) < 4.78 is 49.9. The van der Waals surface area contributed by atoms with Gasteiger partial charge in [-0.2, -0.15) is 0 Å². The van der Waals surface area contributed by atoms with Gasteiger partial charge >= 0.3 is 18.2 Å². The van der Waals surface area contributed by atoms with Crippen LogP contribution in [0.1, 0.15) is 0 Å². The molecule has 0 aliphatic heterocycles. The molecule has 1 amide bonds. The number of anilines is 1. The average Bonchev–Trinajstić information content (AvgIpc) is 2.56. The Morgan fingerprint density at radius 1 is 0.960 bits per heavy atom. The van der Waals surface area contributed by atoms with E-state index in [1.807, 2.05) is 0 Å². The highest BCUT2D eigenvalue weighted by Crippen LogP contribution is 2.31. The zero-order valence-electron chi connectivity index (χ0n) is 12.8. The van der Waals surface area contributed by atoms with Crippen LogP contribution in [0, 0.1) is 0 Å². The van der Waals surface area contributed by atoms with Gasteiger partial charge in [-0.05, 0) is 36.4 Å². The second kappa shape index (κ2) is 7.56. The Balaban J connectivity index is 2.12. The molecule has 0 radical (unpaired) electrons. The van der Waals surface area contributed by atoms with Crippen molar-refractivity contribution in [2.45, 2.75) is 6.36 Å². The first-order valence-corrected chi connectivity index (χ1v) is 6.80. The maximum atomic E-state index is 12.1. The van der Waals surface area contributed by atoms with E-state index >= 15 is 0 Å². The highest BCUT2D eigenvalue weighted by atomic mass is 19.4. The van der Waals surface area contributed by atoms with Gasteiger partial charge < -0.3 is 19.5 Å². The first-order valence-electron chi connectivity index (χ1n) is 6.80. The number of carbonyl (C=O) groups excluding carboxylic acids is 2. The minimum atomic E-state index is -4.78. The monoisotopic (exact) mass is 355 g/mol. The number of nitrogens with one attached hydrogen (secondary N) is 1. The van der Waals surface area contributed by atoms with Crippen LogP contribution in [0.3, 0.4) is 0 Å². The molecule has 6 nitrogen and oxygen atoms in total. The Bertz CT molecular complexity index is 759. The second-order valence-electron chi connectivity index (χ2n) is 4.56. The fraction of sp³-hybridized carbons (Fsp3) is 0.125. The summed E-state index contributed by atoms with van der Waals surface area (Å²) in [6.07, 6.45) is -4.78. The van der Waals surface area contributed by atoms with Crippen molar-refractivity contribution in [3.05, 3.63) is 48.5 Å². The highest BCUT2D eigenvalue weighted by Gasteiger charge is 2.31. The number of esters is 1. The Kier molecular flexibility index (Phi) is 5.48. The lowest BCUT2D eigenvalue weighted by atomic mass is 10.2. The zero-order chi connectivity index (χ0) is 18.4. The fourth-order valence-electron chi connectivity index (χ4n) is 1.76. The van der Waals surface area contributed by atoms with Crippen molar-refractivity contribution >= 4 is 17.6 Å². The molecule has 0 spiro atoms. The molecule has 2 aromatic rings. The van der Waals surface area contributed by atoms with Crippen LogP contribution in [-0.4, -0.2) is 25.3 Å². The number of carbonyl (C=O) groups is 2. The molecule has 9 heteroatoms. The van der Waals surface area contributed by atoms with E-state index in [2.05, 4.69) is 14.8 Å². The molecular weight excluding hydrogens is 343 g/mol. The van der Waals surface area contributed by atoms with E-state index in [4.69, 9.17) is 4.74 Å². The van der Waals surface area contributed by atoms with Gasteiger partial charge in [0, 0.05) is 0 Å². The van der Waals surface area contributed by atoms with E-state index in [0.717, 1.165) is 19.2 Å². The first kappa shape index (κ1) is 18.1. The van der Waals surface area contributed by atoms with Gasteiger partial charge in [-0.25, -0.2) is 4.79 Å². The van der Waals surface area contributed by atoms with E-state index in [-0.39, 0.29) is 17.2 Å². The Hall–Kier alpha value is -3.23. The number of hydrogen-bond donors (Lipinski definition) is 1. The number of benzene rings is 2. The molecule has 0 aromatic heterocycles. The van der Waals surface area contributed by atoms with Crippen LogP contribution in [0.2, 0.25) is 0 Å². The number of rotatable bonds is 4. The highest BCUT2D eigenvalue weighted by molar-refractivity contribution is 6.37. The minimum absolute atomic E-state index is 0.184. The summed E-state index contributed by atoms with van der Waals surface area (Å²) in [5.74, 6) is -2.08. The molecule has 25 heavy (non-hydrogen) atoms. The molecule has 2 aromatic carbocycles. The summed E-state index contributed by atoms with van der Waals surface area (Å²) in [6, 6.07) is 10.9. The average molecular weight is 355 g/mol. The van der Waals surface area contributed by atoms with Crippen molar-refractivity contribution in [3.8, 4) is 17.2 Å². The number of ether oxygens (including phenoxy) is 3. The van der Waals surface area contributed by atoms with Gasteiger partial charge in [-0.1, -0.05) is 12.1 Å². The van der Waals surface area contributed by atoms with Gasteiger partial charge in [0.2, 0.25) is 0 Å². The van der Waals surface area contributed by atoms with Crippen molar-refractivity contribution < 1.29 is 37.0 Å². The van der Waals surface area contributed by atoms with Gasteiger partial charge in [-0.3, -0.25) is 4.79 Å². The summed E-state index contributed by atoms with van der Waals surface area (Å²) in [5.41, 5.74) is 0.188. The summed E-state index contributed by atoms with van der Waals surface area (Å²) in [7, 11) is 1.06. The summed E-state index contributed by atoms with van der Waals surface area (Å²) in [4.78, 5) is 22.7. The number of alkyl halides is 3. The van der Waals surface area contributed by atoms with Crippen molar-refractivity contribution in [1.82, 2.24) is 0 Å². The van der Waals surface area contributed by atoms with E-state index in [0.29, 0.717) is 0 Å². The van der Waals surface area contributed by atoms with Crippen LogP contribution in [-0.2, 0) is 14.3 Å². The third-order valence-electron chi connectivity index (χ3n) is 2.79. The molecule has 0 bridgehead atoms. The number of hydrogen-bond acceptors (Lipinski definition) is 5. The van der Waals surface area contributed by atoms with Crippen molar-refractivity contribution in [2.24, 2.45) is 0 Å². The SMILES string of the molecule is COC(=O)C(=O)Nc1ccccc1Oc1ccc(OC(F)(F)F)cc1. The predicted molar refractivity (Wildman–Crippen MR) is 80.3 cm³/mol. The summed E-state index contributed by atoms with van der Waals surface area (Å²) in [6.45, 7) is 0. The van der Waals surface area contributed by atoms with Crippen LogP contribution < -0.4 is 14.8 Å². The van der Waals surface area contributed by atoms with E-state index in [9.17, 15) is 22.8 Å². The van der Waals surface area contributed by atoms with Crippen molar-refractivity contribution in [1.29, 1.82) is 0 Å². The first-order chi connectivity index (χ1) is 11.8. The molecular formula is C16H12F3NO5. The molecule has 0 unspecified atom stereocenters. The fourth-order valence-corrected chi connectivity index (χ4v) is 1.76. The molecule has 0 aliphatic rings. The smallest absolute Gasteiger partial charge is 0.462 e. The molecule has 1 N–H and O–H groups in total. The Morgan fingerprint density at radius 2 is 1.56 bits per heavy atom. The Labute approximate surface area is 140 Å². The van der Waals surface area contributed by atoms with Gasteiger partial charge in [0.15, 0.2) is 5.75 Å². The molecule has 132 valence electrons. The van der Waals surface area contributed by atoms with Crippen LogP contribution in [0.4, 0.5) is 18.9 Å². The van der Waals surface area contributed by atoms with Crippen LogP contribution in [0.5, 0.6) is 17.2 Å². The second-order valence-corrected chi connectivity index (χ2v) is 4.56. The number of amides is 1. The maximum Gasteiger partial charge on any atom is 0.573 e. The van der Waals surface area contributed by atoms with Crippen molar-refractivity contribution in [3.63, 3.8) is 0 Å². The topological polar surface area (TPSA) is 73.9 Å². The Morgan fingerprint density at radius 3 is 2.16 bits per heavy atom. The summed E-state index contributed by atoms with van der Waals surface area (Å²) in [5, 5.41) is 2.31. The molecule has 0 saturated carbocycles. The maximum absolute atomic E-state index is 12.1. The standard InChI is InChI=1S/C16H12F3NO5/c1-23-15(22)14(21)20-12-4-2-3-5-13(12)24-10-6-8-11(9-7-10)25-16(17,18)19/h2-9H,1H3,(H,20,21). The van der Waals surface area contributed by atoms with Crippen LogP contribution in [0.15, 0.2) is 48.5 Å². The zero-order valence-corrected chi connectivity index (χ0v) is 12.8. The van der Waals surface area contributed by atoms with Gasteiger partial charge in [-0.15, -0.1) is 13.2 Å².